The van der Waals surface area contributed by atoms with Gasteiger partial charge in [0.05, 0.1) is 10.8 Å². The van der Waals surface area contributed by atoms with Gasteiger partial charge in [0.2, 0.25) is 0 Å². The summed E-state index contributed by atoms with van der Waals surface area (Å²) >= 11 is 0. The molecule has 0 saturated heterocycles. The average molecular weight is 283 g/mol. The standard InChI is InChI=1S/C15H25NO2S/c1-6-8-12-9-7-10-13(11-12)14(16-4)15(2,3)19(5,17)18/h7,9-11,14,16H,6,8H2,1-5H3. The van der Waals surface area contributed by atoms with Crippen LogP contribution in [0.4, 0.5) is 0 Å². The van der Waals surface area contributed by atoms with Crippen molar-refractivity contribution in [2.45, 2.75) is 44.4 Å². The Hall–Kier alpha value is -0.870. The van der Waals surface area contributed by atoms with Crippen LogP contribution in [0.3, 0.4) is 0 Å². The summed E-state index contributed by atoms with van der Waals surface area (Å²) in [5, 5.41) is 3.16. The van der Waals surface area contributed by atoms with Crippen LogP contribution in [0.25, 0.3) is 0 Å². The summed E-state index contributed by atoms with van der Waals surface area (Å²) in [5.74, 6) is 0. The highest BCUT2D eigenvalue weighted by Gasteiger charge is 2.39. The smallest absolute Gasteiger partial charge is 0.154 e. The van der Waals surface area contributed by atoms with E-state index in [2.05, 4.69) is 24.4 Å². The van der Waals surface area contributed by atoms with Crippen molar-refractivity contribution in [3.05, 3.63) is 35.4 Å². The van der Waals surface area contributed by atoms with E-state index in [-0.39, 0.29) is 6.04 Å². The van der Waals surface area contributed by atoms with Gasteiger partial charge in [-0.05, 0) is 38.4 Å². The second-order valence-electron chi connectivity index (χ2n) is 5.59. The highest BCUT2D eigenvalue weighted by Crippen LogP contribution is 2.32. The van der Waals surface area contributed by atoms with E-state index in [4.69, 9.17) is 0 Å². The molecule has 108 valence electrons. The summed E-state index contributed by atoms with van der Waals surface area (Å²) in [7, 11) is -1.34. The number of nitrogens with one attached hydrogen (secondary N) is 1. The highest BCUT2D eigenvalue weighted by molar-refractivity contribution is 7.92. The second kappa shape index (κ2) is 6.06. The normalized spacial score (nSPS) is 14.4. The van der Waals surface area contributed by atoms with Crippen LogP contribution in [0, 0.1) is 0 Å². The molecule has 0 aliphatic rings. The van der Waals surface area contributed by atoms with Crippen molar-refractivity contribution in [3.8, 4) is 0 Å². The van der Waals surface area contributed by atoms with Gasteiger partial charge < -0.3 is 5.32 Å². The number of sulfone groups is 1. The van der Waals surface area contributed by atoms with Gasteiger partial charge in [-0.2, -0.15) is 0 Å². The first kappa shape index (κ1) is 16.2. The molecule has 0 amide bonds. The molecule has 0 aromatic heterocycles. The average Bonchev–Trinajstić information content (AvgIpc) is 2.29. The van der Waals surface area contributed by atoms with Crippen LogP contribution in [-0.4, -0.2) is 26.5 Å². The number of benzene rings is 1. The molecule has 1 unspecified atom stereocenters. The van der Waals surface area contributed by atoms with Crippen LogP contribution in [0.2, 0.25) is 0 Å². The van der Waals surface area contributed by atoms with Crippen molar-refractivity contribution in [2.24, 2.45) is 0 Å². The van der Waals surface area contributed by atoms with Crippen LogP contribution in [0.1, 0.15) is 44.4 Å². The SMILES string of the molecule is CCCc1cccc(C(NC)C(C)(C)S(C)(=O)=O)c1. The predicted octanol–water partition coefficient (Wildman–Crippen LogP) is 2.72. The fourth-order valence-corrected chi connectivity index (χ4v) is 3.03. The Morgan fingerprint density at radius 1 is 1.32 bits per heavy atom. The van der Waals surface area contributed by atoms with Crippen LogP contribution < -0.4 is 5.32 Å². The molecule has 0 aliphatic carbocycles. The van der Waals surface area contributed by atoms with Crippen molar-refractivity contribution in [1.82, 2.24) is 5.32 Å². The molecule has 1 atom stereocenters. The lowest BCUT2D eigenvalue weighted by Gasteiger charge is -2.33. The van der Waals surface area contributed by atoms with Crippen molar-refractivity contribution in [1.29, 1.82) is 0 Å². The number of rotatable bonds is 6. The Bertz CT molecular complexity index is 521. The predicted molar refractivity (Wildman–Crippen MR) is 81.2 cm³/mol. The molecule has 19 heavy (non-hydrogen) atoms. The van der Waals surface area contributed by atoms with Gasteiger partial charge in [0.1, 0.15) is 0 Å². The Morgan fingerprint density at radius 2 is 1.95 bits per heavy atom. The zero-order valence-electron chi connectivity index (χ0n) is 12.5. The second-order valence-corrected chi connectivity index (χ2v) is 8.19. The first-order chi connectivity index (χ1) is 8.74. The van der Waals surface area contributed by atoms with E-state index in [0.717, 1.165) is 18.4 Å². The van der Waals surface area contributed by atoms with E-state index < -0.39 is 14.6 Å². The van der Waals surface area contributed by atoms with Gasteiger partial charge in [0, 0.05) is 6.26 Å². The van der Waals surface area contributed by atoms with Crippen molar-refractivity contribution < 1.29 is 8.42 Å². The highest BCUT2D eigenvalue weighted by atomic mass is 32.2. The molecule has 0 spiro atoms. The van der Waals surface area contributed by atoms with Crippen molar-refractivity contribution >= 4 is 9.84 Å². The third kappa shape index (κ3) is 3.57. The monoisotopic (exact) mass is 283 g/mol. The summed E-state index contributed by atoms with van der Waals surface area (Å²) < 4.78 is 23.2. The van der Waals surface area contributed by atoms with E-state index in [1.54, 1.807) is 13.8 Å². The fourth-order valence-electron chi connectivity index (χ4n) is 2.35. The topological polar surface area (TPSA) is 46.2 Å². The zero-order chi connectivity index (χ0) is 14.7. The van der Waals surface area contributed by atoms with Crippen LogP contribution in [0.5, 0.6) is 0 Å². The molecular weight excluding hydrogens is 258 g/mol. The molecule has 0 fully saturated rings. The van der Waals surface area contributed by atoms with E-state index >= 15 is 0 Å². The van der Waals surface area contributed by atoms with Gasteiger partial charge in [-0.25, -0.2) is 8.42 Å². The molecule has 1 rings (SSSR count). The van der Waals surface area contributed by atoms with Crippen molar-refractivity contribution in [3.63, 3.8) is 0 Å². The molecule has 0 bridgehead atoms. The third-order valence-electron chi connectivity index (χ3n) is 3.76. The molecule has 3 nitrogen and oxygen atoms in total. The largest absolute Gasteiger partial charge is 0.312 e. The fraction of sp³-hybridized carbons (Fsp3) is 0.600. The lowest BCUT2D eigenvalue weighted by molar-refractivity contribution is 0.446. The summed E-state index contributed by atoms with van der Waals surface area (Å²) in [6.07, 6.45) is 3.40. The molecule has 0 heterocycles. The van der Waals surface area contributed by atoms with Crippen molar-refractivity contribution in [2.75, 3.05) is 13.3 Å². The molecule has 1 aromatic rings. The van der Waals surface area contributed by atoms with E-state index in [0.29, 0.717) is 0 Å². The lowest BCUT2D eigenvalue weighted by Crippen LogP contribution is -2.43. The number of aryl methyl sites for hydroxylation is 1. The molecule has 0 saturated carbocycles. The third-order valence-corrected chi connectivity index (χ3v) is 5.91. The Kier molecular flexibility index (Phi) is 5.16. The number of hydrogen-bond acceptors (Lipinski definition) is 3. The van der Waals surface area contributed by atoms with Crippen LogP contribution in [0.15, 0.2) is 24.3 Å². The van der Waals surface area contributed by atoms with E-state index in [1.807, 2.05) is 19.2 Å². The summed E-state index contributed by atoms with van der Waals surface area (Å²) in [6.45, 7) is 5.69. The maximum Gasteiger partial charge on any atom is 0.154 e. The molecule has 4 heteroatoms. The van der Waals surface area contributed by atoms with Gasteiger partial charge in [-0.3, -0.25) is 0 Å². The number of hydrogen-bond donors (Lipinski definition) is 1. The molecule has 1 N–H and O–H groups in total. The molecule has 0 radical (unpaired) electrons. The van der Waals surface area contributed by atoms with E-state index in [1.165, 1.54) is 11.8 Å². The molecular formula is C15H25NO2S. The van der Waals surface area contributed by atoms with E-state index in [9.17, 15) is 8.42 Å². The van der Waals surface area contributed by atoms with Crippen LogP contribution >= 0.6 is 0 Å². The van der Waals surface area contributed by atoms with Gasteiger partial charge >= 0.3 is 0 Å². The minimum atomic E-state index is -3.15. The Balaban J connectivity index is 3.21. The lowest BCUT2D eigenvalue weighted by atomic mass is 9.93. The minimum absolute atomic E-state index is 0.209. The quantitative estimate of drug-likeness (QED) is 0.873. The summed E-state index contributed by atoms with van der Waals surface area (Å²) in [4.78, 5) is 0. The molecule has 1 aromatic carbocycles. The maximum atomic E-state index is 12.0. The van der Waals surface area contributed by atoms with Gasteiger partial charge in [-0.15, -0.1) is 0 Å². The maximum absolute atomic E-state index is 12.0. The minimum Gasteiger partial charge on any atom is -0.312 e. The first-order valence-corrected chi connectivity index (χ1v) is 8.59. The first-order valence-electron chi connectivity index (χ1n) is 6.69. The summed E-state index contributed by atoms with van der Waals surface area (Å²) in [6, 6.07) is 7.99. The van der Waals surface area contributed by atoms with Gasteiger partial charge in [0.15, 0.2) is 9.84 Å². The van der Waals surface area contributed by atoms with Crippen LogP contribution in [-0.2, 0) is 16.3 Å². The molecule has 0 aliphatic heterocycles. The summed E-state index contributed by atoms with van der Waals surface area (Å²) in [5.41, 5.74) is 2.29. The zero-order valence-corrected chi connectivity index (χ0v) is 13.3. The van der Waals surface area contributed by atoms with Gasteiger partial charge in [0.25, 0.3) is 0 Å². The Morgan fingerprint density at radius 3 is 2.42 bits per heavy atom. The van der Waals surface area contributed by atoms with Gasteiger partial charge in [-0.1, -0.05) is 37.6 Å². The Labute approximate surface area is 117 Å².